The molecule has 0 bridgehead atoms. The third-order valence-corrected chi connectivity index (χ3v) is 5.22. The average molecular weight is 343 g/mol. The van der Waals surface area contributed by atoms with Gasteiger partial charge in [-0.1, -0.05) is 27.7 Å². The lowest BCUT2D eigenvalue weighted by atomic mass is 9.71. The van der Waals surface area contributed by atoms with E-state index in [-0.39, 0.29) is 0 Å². The van der Waals surface area contributed by atoms with E-state index in [9.17, 15) is 0 Å². The second kappa shape index (κ2) is 6.18. The van der Waals surface area contributed by atoms with Gasteiger partial charge in [-0.2, -0.15) is 5.10 Å². The fourth-order valence-electron chi connectivity index (χ4n) is 3.56. The molecule has 2 rings (SSSR count). The molecule has 114 valence electrons. The highest BCUT2D eigenvalue weighted by molar-refractivity contribution is 9.10. The van der Waals surface area contributed by atoms with E-state index in [2.05, 4.69) is 48.7 Å². The van der Waals surface area contributed by atoms with Crippen LogP contribution in [0.15, 0.2) is 4.47 Å². The van der Waals surface area contributed by atoms with E-state index in [0.717, 1.165) is 34.6 Å². The first-order valence-electron chi connectivity index (χ1n) is 7.64. The summed E-state index contributed by atoms with van der Waals surface area (Å²) in [7, 11) is 2.00. The molecule has 1 saturated carbocycles. The normalized spacial score (nSPS) is 25.9. The van der Waals surface area contributed by atoms with E-state index < -0.39 is 0 Å². The van der Waals surface area contributed by atoms with Gasteiger partial charge in [0, 0.05) is 7.05 Å². The van der Waals surface area contributed by atoms with Gasteiger partial charge in [0.1, 0.15) is 0 Å². The molecule has 0 N–H and O–H groups in total. The Hall–Kier alpha value is -0.350. The van der Waals surface area contributed by atoms with Gasteiger partial charge >= 0.3 is 0 Å². The fraction of sp³-hybridized carbons (Fsp3) is 0.812. The van der Waals surface area contributed by atoms with Crippen molar-refractivity contribution in [2.24, 2.45) is 18.4 Å². The molecule has 1 fully saturated rings. The van der Waals surface area contributed by atoms with Crippen LogP contribution in [0.2, 0.25) is 0 Å². The van der Waals surface area contributed by atoms with Crippen molar-refractivity contribution >= 4 is 15.9 Å². The quantitative estimate of drug-likeness (QED) is 0.806. The first kappa shape index (κ1) is 16.0. The van der Waals surface area contributed by atoms with Crippen LogP contribution in [-0.4, -0.2) is 15.9 Å². The fourth-order valence-corrected chi connectivity index (χ4v) is 4.29. The number of aromatic nitrogens is 2. The third-order valence-electron chi connectivity index (χ3n) is 4.31. The van der Waals surface area contributed by atoms with Crippen molar-refractivity contribution in [1.29, 1.82) is 0 Å². The number of hydrogen-bond donors (Lipinski definition) is 0. The zero-order valence-corrected chi connectivity index (χ0v) is 15.0. The van der Waals surface area contributed by atoms with Gasteiger partial charge in [-0.3, -0.25) is 4.68 Å². The smallest absolute Gasteiger partial charge is 0.0900 e. The highest BCUT2D eigenvalue weighted by Crippen LogP contribution is 2.40. The van der Waals surface area contributed by atoms with Crippen molar-refractivity contribution < 1.29 is 4.74 Å². The maximum absolute atomic E-state index is 6.20. The molecular weight excluding hydrogens is 316 g/mol. The molecule has 0 aromatic carbocycles. The zero-order valence-electron chi connectivity index (χ0n) is 13.4. The van der Waals surface area contributed by atoms with Crippen LogP contribution in [0, 0.1) is 11.3 Å². The summed E-state index contributed by atoms with van der Waals surface area (Å²) in [6.07, 6.45) is 4.97. The lowest BCUT2D eigenvalue weighted by Crippen LogP contribution is -2.32. The standard InChI is InChI=1S/C16H27BrN2O/c1-6-13-15(17)14(19(5)18-13)10-20-12-7-11(2)8-16(3,4)9-12/h11-12H,6-10H2,1-5H3. The monoisotopic (exact) mass is 342 g/mol. The summed E-state index contributed by atoms with van der Waals surface area (Å²) in [5.41, 5.74) is 2.67. The Kier molecular flexibility index (Phi) is 4.96. The number of aryl methyl sites for hydroxylation is 2. The van der Waals surface area contributed by atoms with E-state index >= 15 is 0 Å². The van der Waals surface area contributed by atoms with Crippen molar-refractivity contribution in [2.75, 3.05) is 0 Å². The molecule has 3 nitrogen and oxygen atoms in total. The second-order valence-electron chi connectivity index (χ2n) is 7.03. The summed E-state index contributed by atoms with van der Waals surface area (Å²) in [6.45, 7) is 9.83. The number of hydrogen-bond acceptors (Lipinski definition) is 2. The lowest BCUT2D eigenvalue weighted by molar-refractivity contribution is -0.0337. The van der Waals surface area contributed by atoms with Gasteiger partial charge in [-0.25, -0.2) is 0 Å². The van der Waals surface area contributed by atoms with Crippen LogP contribution in [0.1, 0.15) is 58.3 Å². The third kappa shape index (κ3) is 3.64. The van der Waals surface area contributed by atoms with Crippen molar-refractivity contribution in [2.45, 2.75) is 66.1 Å². The molecule has 0 amide bonds. The summed E-state index contributed by atoms with van der Waals surface area (Å²) in [5, 5.41) is 4.53. The molecule has 2 unspecified atom stereocenters. The molecule has 1 aliphatic carbocycles. The first-order chi connectivity index (χ1) is 9.32. The maximum Gasteiger partial charge on any atom is 0.0900 e. The van der Waals surface area contributed by atoms with Crippen LogP contribution in [0.25, 0.3) is 0 Å². The van der Waals surface area contributed by atoms with Gasteiger partial charge in [0.25, 0.3) is 0 Å². The molecule has 0 radical (unpaired) electrons. The Bertz CT molecular complexity index is 467. The van der Waals surface area contributed by atoms with Crippen LogP contribution >= 0.6 is 15.9 Å². The summed E-state index contributed by atoms with van der Waals surface area (Å²) < 4.78 is 9.26. The van der Waals surface area contributed by atoms with Crippen LogP contribution in [0.4, 0.5) is 0 Å². The topological polar surface area (TPSA) is 27.1 Å². The van der Waals surface area contributed by atoms with E-state index in [1.165, 1.54) is 12.8 Å². The van der Waals surface area contributed by atoms with Crippen molar-refractivity contribution in [3.8, 4) is 0 Å². The number of rotatable bonds is 4. The van der Waals surface area contributed by atoms with Gasteiger partial charge < -0.3 is 4.74 Å². The van der Waals surface area contributed by atoms with E-state index in [1.54, 1.807) is 0 Å². The Balaban J connectivity index is 2.00. The first-order valence-corrected chi connectivity index (χ1v) is 8.43. The molecule has 1 aromatic heterocycles. The van der Waals surface area contributed by atoms with E-state index in [1.807, 2.05) is 11.7 Å². The molecule has 20 heavy (non-hydrogen) atoms. The minimum atomic E-state index is 0.376. The van der Waals surface area contributed by atoms with Gasteiger partial charge in [-0.15, -0.1) is 0 Å². The summed E-state index contributed by atoms with van der Waals surface area (Å²) >= 11 is 3.66. The minimum absolute atomic E-state index is 0.376. The summed E-state index contributed by atoms with van der Waals surface area (Å²) in [6, 6.07) is 0. The summed E-state index contributed by atoms with van der Waals surface area (Å²) in [5.74, 6) is 0.755. The van der Waals surface area contributed by atoms with Gasteiger partial charge in [0.15, 0.2) is 0 Å². The molecule has 2 atom stereocenters. The molecule has 4 heteroatoms. The Morgan fingerprint density at radius 3 is 2.65 bits per heavy atom. The zero-order chi connectivity index (χ0) is 14.9. The van der Waals surface area contributed by atoms with Crippen LogP contribution in [0.5, 0.6) is 0 Å². The van der Waals surface area contributed by atoms with E-state index in [0.29, 0.717) is 18.1 Å². The van der Waals surface area contributed by atoms with Gasteiger partial charge in [0.05, 0.1) is 28.6 Å². The molecule has 0 spiro atoms. The number of nitrogens with zero attached hydrogens (tertiary/aromatic N) is 2. The van der Waals surface area contributed by atoms with Crippen LogP contribution in [0.3, 0.4) is 0 Å². The Labute approximate surface area is 131 Å². The Morgan fingerprint density at radius 2 is 2.10 bits per heavy atom. The van der Waals surface area contributed by atoms with Gasteiger partial charge in [0.2, 0.25) is 0 Å². The molecule has 0 saturated heterocycles. The predicted molar refractivity (Wildman–Crippen MR) is 85.7 cm³/mol. The van der Waals surface area contributed by atoms with Crippen molar-refractivity contribution in [3.05, 3.63) is 15.9 Å². The van der Waals surface area contributed by atoms with Crippen molar-refractivity contribution in [1.82, 2.24) is 9.78 Å². The lowest BCUT2D eigenvalue weighted by Gasteiger charge is -2.38. The van der Waals surface area contributed by atoms with Crippen LogP contribution in [-0.2, 0) is 24.8 Å². The molecular formula is C16H27BrN2O. The van der Waals surface area contributed by atoms with E-state index in [4.69, 9.17) is 4.74 Å². The number of ether oxygens (including phenoxy) is 1. The van der Waals surface area contributed by atoms with Gasteiger partial charge in [-0.05, 0) is 52.9 Å². The highest BCUT2D eigenvalue weighted by atomic mass is 79.9. The molecule has 0 aliphatic heterocycles. The van der Waals surface area contributed by atoms with Crippen LogP contribution < -0.4 is 0 Å². The predicted octanol–water partition coefficient (Wildman–Crippen LogP) is 4.48. The number of halogens is 1. The summed E-state index contributed by atoms with van der Waals surface area (Å²) in [4.78, 5) is 0. The minimum Gasteiger partial charge on any atom is -0.372 e. The molecule has 1 aromatic rings. The van der Waals surface area contributed by atoms with Crippen molar-refractivity contribution in [3.63, 3.8) is 0 Å². The average Bonchev–Trinajstić information content (AvgIpc) is 2.59. The SMILES string of the molecule is CCc1nn(C)c(COC2CC(C)CC(C)(C)C2)c1Br. The maximum atomic E-state index is 6.20. The molecule has 1 heterocycles. The second-order valence-corrected chi connectivity index (χ2v) is 7.82. The Morgan fingerprint density at radius 1 is 1.40 bits per heavy atom. The molecule has 1 aliphatic rings. The highest BCUT2D eigenvalue weighted by Gasteiger charge is 2.32. The largest absolute Gasteiger partial charge is 0.372 e.